The highest BCUT2D eigenvalue weighted by Crippen LogP contribution is 2.32. The number of para-hydroxylation sites is 1. The maximum atomic E-state index is 6.08. The van der Waals surface area contributed by atoms with Crippen LogP contribution in [0.25, 0.3) is 0 Å². The minimum Gasteiger partial charge on any atom is -0.377 e. The number of nitrogens with two attached hydrogens (primary N) is 1. The molecule has 0 spiro atoms. The molecule has 2 nitrogen and oxygen atoms in total. The van der Waals surface area contributed by atoms with Crippen LogP contribution < -0.4 is 11.1 Å². The quantitative estimate of drug-likeness (QED) is 0.873. The van der Waals surface area contributed by atoms with Crippen molar-refractivity contribution in [3.63, 3.8) is 0 Å². The molecule has 0 atom stereocenters. The molecule has 0 bridgehead atoms. The fourth-order valence-electron chi connectivity index (χ4n) is 2.81. The van der Waals surface area contributed by atoms with Crippen LogP contribution in [0.15, 0.2) is 28.7 Å². The van der Waals surface area contributed by atoms with Crippen LogP contribution in [0.4, 0.5) is 5.69 Å². The van der Waals surface area contributed by atoms with E-state index in [1.54, 1.807) is 0 Å². The van der Waals surface area contributed by atoms with E-state index in [9.17, 15) is 0 Å². The van der Waals surface area contributed by atoms with Crippen LogP contribution in [-0.4, -0.2) is 12.1 Å². The van der Waals surface area contributed by atoms with Gasteiger partial charge in [0.2, 0.25) is 0 Å². The van der Waals surface area contributed by atoms with Crippen molar-refractivity contribution in [2.24, 2.45) is 5.73 Å². The third-order valence-corrected chi connectivity index (χ3v) is 4.67. The number of anilines is 1. The topological polar surface area (TPSA) is 38.0 Å². The Morgan fingerprint density at radius 2 is 1.67 bits per heavy atom. The van der Waals surface area contributed by atoms with Gasteiger partial charge in [-0.25, -0.2) is 0 Å². The Labute approximate surface area is 118 Å². The predicted octanol–water partition coefficient (Wildman–Crippen LogP) is 4.30. The molecule has 100 valence electrons. The summed E-state index contributed by atoms with van der Waals surface area (Å²) in [6.45, 7) is 0.717. The summed E-state index contributed by atoms with van der Waals surface area (Å²) in [5.41, 5.74) is 7.34. The molecule has 0 radical (unpaired) electrons. The molecule has 0 aliphatic heterocycles. The van der Waals surface area contributed by atoms with E-state index in [2.05, 4.69) is 39.4 Å². The Bertz CT molecular complexity index is 371. The highest BCUT2D eigenvalue weighted by atomic mass is 79.9. The Morgan fingerprint density at radius 3 is 2.28 bits per heavy atom. The number of nitrogens with one attached hydrogen (secondary N) is 1. The van der Waals surface area contributed by atoms with Crippen molar-refractivity contribution < 1.29 is 0 Å². The van der Waals surface area contributed by atoms with Gasteiger partial charge in [0.1, 0.15) is 0 Å². The largest absolute Gasteiger partial charge is 0.377 e. The Balaban J connectivity index is 2.13. The first-order valence-electron chi connectivity index (χ1n) is 6.99. The lowest BCUT2D eigenvalue weighted by atomic mass is 9.83. The van der Waals surface area contributed by atoms with Gasteiger partial charge in [0, 0.05) is 22.2 Å². The second-order valence-electron chi connectivity index (χ2n) is 5.36. The van der Waals surface area contributed by atoms with Gasteiger partial charge < -0.3 is 11.1 Å². The van der Waals surface area contributed by atoms with Crippen LogP contribution in [0.1, 0.15) is 44.9 Å². The molecule has 0 saturated heterocycles. The molecule has 1 fully saturated rings. The second-order valence-corrected chi connectivity index (χ2v) is 6.21. The fraction of sp³-hybridized carbons (Fsp3) is 0.600. The van der Waals surface area contributed by atoms with Gasteiger partial charge in [0.15, 0.2) is 0 Å². The molecular weight excluding hydrogens is 288 g/mol. The molecule has 3 heteroatoms. The number of halogens is 1. The minimum absolute atomic E-state index is 0.0876. The third kappa shape index (κ3) is 3.48. The van der Waals surface area contributed by atoms with Crippen LogP contribution in [0, 0.1) is 0 Å². The fourth-order valence-corrected chi connectivity index (χ4v) is 3.19. The Hall–Kier alpha value is -0.540. The van der Waals surface area contributed by atoms with Gasteiger partial charge in [0.05, 0.1) is 0 Å². The second kappa shape index (κ2) is 6.58. The molecule has 18 heavy (non-hydrogen) atoms. The summed E-state index contributed by atoms with van der Waals surface area (Å²) in [4.78, 5) is 0. The smallest absolute Gasteiger partial charge is 0.0496 e. The average molecular weight is 311 g/mol. The standard InChI is InChI=1S/C15H23BrN2/c16-13-8-4-5-9-14(13)18-15(12-17)10-6-2-1-3-7-11-15/h4-5,8-9,18H,1-3,6-7,10-12,17H2. The number of hydrogen-bond acceptors (Lipinski definition) is 2. The van der Waals surface area contributed by atoms with Crippen molar-refractivity contribution in [1.29, 1.82) is 0 Å². The van der Waals surface area contributed by atoms with Gasteiger partial charge in [-0.15, -0.1) is 0 Å². The maximum Gasteiger partial charge on any atom is 0.0496 e. The molecule has 1 saturated carbocycles. The summed E-state index contributed by atoms with van der Waals surface area (Å²) in [7, 11) is 0. The molecule has 1 aliphatic rings. The van der Waals surface area contributed by atoms with Gasteiger partial charge in [-0.1, -0.05) is 44.2 Å². The zero-order valence-corrected chi connectivity index (χ0v) is 12.5. The first-order chi connectivity index (χ1) is 8.76. The van der Waals surface area contributed by atoms with Crippen molar-refractivity contribution >= 4 is 21.6 Å². The van der Waals surface area contributed by atoms with E-state index in [-0.39, 0.29) is 5.54 Å². The van der Waals surface area contributed by atoms with E-state index in [0.29, 0.717) is 6.54 Å². The van der Waals surface area contributed by atoms with Crippen LogP contribution in [-0.2, 0) is 0 Å². The summed E-state index contributed by atoms with van der Waals surface area (Å²) < 4.78 is 1.12. The van der Waals surface area contributed by atoms with Crippen LogP contribution in [0.2, 0.25) is 0 Å². The van der Waals surface area contributed by atoms with Gasteiger partial charge in [-0.2, -0.15) is 0 Å². The molecule has 1 aromatic rings. The number of rotatable bonds is 3. The van der Waals surface area contributed by atoms with Gasteiger partial charge in [-0.3, -0.25) is 0 Å². The summed E-state index contributed by atoms with van der Waals surface area (Å²) in [6.07, 6.45) is 9.02. The zero-order chi connectivity index (χ0) is 12.8. The van der Waals surface area contributed by atoms with E-state index in [4.69, 9.17) is 5.73 Å². The van der Waals surface area contributed by atoms with Gasteiger partial charge >= 0.3 is 0 Å². The monoisotopic (exact) mass is 310 g/mol. The van der Waals surface area contributed by atoms with E-state index in [1.807, 2.05) is 6.07 Å². The highest BCUT2D eigenvalue weighted by Gasteiger charge is 2.28. The molecule has 1 aliphatic carbocycles. The summed E-state index contributed by atoms with van der Waals surface area (Å²) in [5.74, 6) is 0. The summed E-state index contributed by atoms with van der Waals surface area (Å²) in [5, 5.41) is 3.71. The molecule has 0 heterocycles. The Morgan fingerprint density at radius 1 is 1.06 bits per heavy atom. The summed E-state index contributed by atoms with van der Waals surface area (Å²) in [6, 6.07) is 8.32. The Kier molecular flexibility index (Phi) is 5.07. The third-order valence-electron chi connectivity index (χ3n) is 3.98. The maximum absolute atomic E-state index is 6.08. The first-order valence-corrected chi connectivity index (χ1v) is 7.78. The van der Waals surface area contributed by atoms with Gasteiger partial charge in [-0.05, 0) is 40.9 Å². The molecule has 0 unspecified atom stereocenters. The van der Waals surface area contributed by atoms with Crippen molar-refractivity contribution in [2.75, 3.05) is 11.9 Å². The zero-order valence-electron chi connectivity index (χ0n) is 10.9. The highest BCUT2D eigenvalue weighted by molar-refractivity contribution is 9.10. The number of hydrogen-bond donors (Lipinski definition) is 2. The molecule has 0 amide bonds. The number of benzene rings is 1. The molecular formula is C15H23BrN2. The van der Waals surface area contributed by atoms with E-state index in [1.165, 1.54) is 50.6 Å². The molecule has 2 rings (SSSR count). The lowest BCUT2D eigenvalue weighted by molar-refractivity contribution is 0.351. The molecule has 0 aromatic heterocycles. The minimum atomic E-state index is 0.0876. The molecule has 3 N–H and O–H groups in total. The van der Waals surface area contributed by atoms with Crippen LogP contribution in [0.3, 0.4) is 0 Å². The van der Waals surface area contributed by atoms with Crippen LogP contribution >= 0.6 is 15.9 Å². The van der Waals surface area contributed by atoms with Crippen molar-refractivity contribution in [2.45, 2.75) is 50.5 Å². The van der Waals surface area contributed by atoms with Crippen molar-refractivity contribution in [3.8, 4) is 0 Å². The molecule has 1 aromatic carbocycles. The lowest BCUT2D eigenvalue weighted by Gasteiger charge is -2.36. The van der Waals surface area contributed by atoms with E-state index in [0.717, 1.165) is 4.47 Å². The van der Waals surface area contributed by atoms with E-state index < -0.39 is 0 Å². The predicted molar refractivity (Wildman–Crippen MR) is 81.9 cm³/mol. The normalized spacial score (nSPS) is 19.9. The summed E-state index contributed by atoms with van der Waals surface area (Å²) >= 11 is 3.61. The SMILES string of the molecule is NCC1(Nc2ccccc2Br)CCCCCCC1. The lowest BCUT2D eigenvalue weighted by Crippen LogP contribution is -2.46. The van der Waals surface area contributed by atoms with Crippen molar-refractivity contribution in [1.82, 2.24) is 0 Å². The van der Waals surface area contributed by atoms with Crippen LogP contribution in [0.5, 0.6) is 0 Å². The van der Waals surface area contributed by atoms with Gasteiger partial charge in [0.25, 0.3) is 0 Å². The van der Waals surface area contributed by atoms with Crippen molar-refractivity contribution in [3.05, 3.63) is 28.7 Å². The first kappa shape index (κ1) is 13.9. The van der Waals surface area contributed by atoms with E-state index >= 15 is 0 Å². The average Bonchev–Trinajstić information content (AvgIpc) is 2.35.